The first kappa shape index (κ1) is 21.9. The maximum absolute atomic E-state index is 13.1. The Morgan fingerprint density at radius 1 is 1.25 bits per heavy atom. The molecule has 1 saturated heterocycles. The minimum atomic E-state index is -3.27. The molecule has 0 spiro atoms. The van der Waals surface area contributed by atoms with Gasteiger partial charge in [-0.05, 0) is 29.8 Å². The molecule has 3 heterocycles. The zero-order chi connectivity index (χ0) is 22.9. The summed E-state index contributed by atoms with van der Waals surface area (Å²) in [6.07, 6.45) is 1.19. The fraction of sp³-hybridized carbons (Fsp3) is 0.238. The van der Waals surface area contributed by atoms with Gasteiger partial charge in [0.25, 0.3) is 5.91 Å². The third-order valence-corrected chi connectivity index (χ3v) is 7.31. The summed E-state index contributed by atoms with van der Waals surface area (Å²) in [7, 11) is -3.27. The lowest BCUT2D eigenvalue weighted by molar-refractivity contribution is -0.120. The number of pyridine rings is 2. The van der Waals surface area contributed by atoms with Crippen molar-refractivity contribution in [2.75, 3.05) is 12.3 Å². The number of nitrogens with one attached hydrogen (secondary N) is 2. The summed E-state index contributed by atoms with van der Waals surface area (Å²) in [5.74, 6) is -2.02. The average molecular weight is 460 g/mol. The van der Waals surface area contributed by atoms with Gasteiger partial charge in [0.05, 0.1) is 17.9 Å². The molecule has 2 amide bonds. The number of hydrogen-bond acceptors (Lipinski definition) is 7. The number of aromatic nitrogens is 2. The summed E-state index contributed by atoms with van der Waals surface area (Å²) in [5, 5.41) is 15.1. The van der Waals surface area contributed by atoms with E-state index in [1.54, 1.807) is 12.1 Å². The molecule has 3 aromatic rings. The number of aromatic hydroxyl groups is 1. The van der Waals surface area contributed by atoms with Crippen LogP contribution >= 0.6 is 10.6 Å². The van der Waals surface area contributed by atoms with Crippen LogP contribution in [0.4, 0.5) is 4.39 Å². The molecule has 0 radical (unpaired) electrons. The fourth-order valence-electron chi connectivity index (χ4n) is 3.55. The molecule has 5 N–H and O–H groups in total. The van der Waals surface area contributed by atoms with Crippen LogP contribution in [0, 0.1) is 5.82 Å². The van der Waals surface area contributed by atoms with Gasteiger partial charge in [-0.15, -0.1) is 0 Å². The number of carbonyl (C=O) groups is 2. The number of hydrogen-bond donors (Lipinski definition) is 5. The summed E-state index contributed by atoms with van der Waals surface area (Å²) in [6.45, 7) is 0.161. The van der Waals surface area contributed by atoms with Gasteiger partial charge in [0, 0.05) is 24.7 Å². The van der Waals surface area contributed by atoms with Crippen LogP contribution in [0.2, 0.25) is 0 Å². The lowest BCUT2D eigenvalue weighted by Gasteiger charge is -2.38. The molecule has 168 valence electrons. The molecule has 1 atom stereocenters. The quantitative estimate of drug-likeness (QED) is 0.403. The van der Waals surface area contributed by atoms with E-state index in [0.29, 0.717) is 10.9 Å². The van der Waals surface area contributed by atoms with E-state index in [-0.39, 0.29) is 48.1 Å². The van der Waals surface area contributed by atoms with Crippen LogP contribution in [0.1, 0.15) is 33.4 Å². The van der Waals surface area contributed by atoms with Gasteiger partial charge in [-0.1, -0.05) is 12.1 Å². The van der Waals surface area contributed by atoms with E-state index in [2.05, 4.69) is 20.6 Å². The van der Waals surface area contributed by atoms with Gasteiger partial charge in [0.2, 0.25) is 5.91 Å². The lowest BCUT2D eigenvalue weighted by Crippen LogP contribution is -2.25. The average Bonchev–Trinajstić information content (AvgIpc) is 2.90. The van der Waals surface area contributed by atoms with Crippen LogP contribution in [-0.4, -0.2) is 48.3 Å². The molecule has 11 heteroatoms. The Morgan fingerprint density at radius 2 is 2.00 bits per heavy atom. The van der Waals surface area contributed by atoms with Gasteiger partial charge < -0.3 is 15.7 Å². The number of nitrogens with zero attached hydrogens (tertiary/aromatic N) is 2. The Bertz CT molecular complexity index is 1190. The molecule has 0 aliphatic carbocycles. The highest BCUT2D eigenvalue weighted by molar-refractivity contribution is 8.24. The maximum atomic E-state index is 13.1. The summed E-state index contributed by atoms with van der Waals surface area (Å²) in [6, 6.07) is 8.71. The van der Waals surface area contributed by atoms with Gasteiger partial charge in [-0.2, -0.15) is 10.6 Å². The van der Waals surface area contributed by atoms with Crippen LogP contribution in [0.5, 0.6) is 5.75 Å². The number of rotatable bonds is 4. The first-order chi connectivity index (χ1) is 15.3. The minimum Gasteiger partial charge on any atom is -0.504 e. The Balaban J connectivity index is 1.75. The minimum absolute atomic E-state index is 0.0524. The van der Waals surface area contributed by atoms with Crippen molar-refractivity contribution in [3.63, 3.8) is 0 Å². The highest BCUT2D eigenvalue weighted by Gasteiger charge is 2.36. The standard InChI is InChI=1S/C21H21FN4O5S/c22-13-5-3-12(4-6-13)11-25-21(29)19-20(28)18-14(2-1-7-24-18)17(26-19)15-10-16(27)23-8-9-32(15,30)31/h1-7,15,28,30-31H,8-11H2,(H,23,27)(H,25,29). The second-order valence-corrected chi connectivity index (χ2v) is 9.78. The zero-order valence-corrected chi connectivity index (χ0v) is 17.6. The van der Waals surface area contributed by atoms with Gasteiger partial charge in [0.1, 0.15) is 16.6 Å². The van der Waals surface area contributed by atoms with E-state index in [1.807, 2.05) is 0 Å². The Morgan fingerprint density at radius 3 is 2.75 bits per heavy atom. The second-order valence-electron chi connectivity index (χ2n) is 7.37. The van der Waals surface area contributed by atoms with Gasteiger partial charge in [-0.3, -0.25) is 23.7 Å². The summed E-state index contributed by atoms with van der Waals surface area (Å²) >= 11 is 0. The third kappa shape index (κ3) is 4.35. The Labute approximate surface area is 184 Å². The molecule has 0 saturated carbocycles. The van der Waals surface area contributed by atoms with Crippen LogP contribution in [0.25, 0.3) is 10.9 Å². The molecular formula is C21H21FN4O5S. The van der Waals surface area contributed by atoms with Crippen LogP contribution in [-0.2, 0) is 11.3 Å². The van der Waals surface area contributed by atoms with Crippen LogP contribution in [0.15, 0.2) is 42.6 Å². The van der Waals surface area contributed by atoms with Crippen LogP contribution in [0.3, 0.4) is 0 Å². The first-order valence-electron chi connectivity index (χ1n) is 9.78. The van der Waals surface area contributed by atoms with E-state index < -0.39 is 33.3 Å². The SMILES string of the molecule is O=C1CC(c2nc(C(=O)NCc3ccc(F)cc3)c(O)c3ncccc23)S(O)(O)CCN1. The molecule has 0 bridgehead atoms. The van der Waals surface area contributed by atoms with E-state index >= 15 is 0 Å². The highest BCUT2D eigenvalue weighted by atomic mass is 32.3. The molecule has 9 nitrogen and oxygen atoms in total. The molecule has 1 aliphatic heterocycles. The molecule has 1 fully saturated rings. The number of carbonyl (C=O) groups excluding carboxylic acids is 2. The van der Waals surface area contributed by atoms with E-state index in [0.717, 1.165) is 0 Å². The van der Waals surface area contributed by atoms with Crippen molar-refractivity contribution in [1.29, 1.82) is 0 Å². The molecule has 1 aliphatic rings. The molecule has 2 aromatic heterocycles. The van der Waals surface area contributed by atoms with Gasteiger partial charge >= 0.3 is 0 Å². The zero-order valence-electron chi connectivity index (χ0n) is 16.8. The highest BCUT2D eigenvalue weighted by Crippen LogP contribution is 2.56. The van der Waals surface area contributed by atoms with Crippen molar-refractivity contribution < 1.29 is 28.2 Å². The summed E-state index contributed by atoms with van der Waals surface area (Å²) in [5.41, 5.74) is 0.445. The van der Waals surface area contributed by atoms with Crippen molar-refractivity contribution in [2.24, 2.45) is 0 Å². The number of amides is 2. The van der Waals surface area contributed by atoms with Crippen LogP contribution < -0.4 is 10.6 Å². The molecule has 1 aromatic carbocycles. The largest absolute Gasteiger partial charge is 0.504 e. The van der Waals surface area contributed by atoms with Crippen molar-refractivity contribution in [3.8, 4) is 5.75 Å². The maximum Gasteiger partial charge on any atom is 0.274 e. The van der Waals surface area contributed by atoms with Crippen molar-refractivity contribution >= 4 is 33.3 Å². The smallest absolute Gasteiger partial charge is 0.274 e. The molecule has 4 rings (SSSR count). The lowest BCUT2D eigenvalue weighted by atomic mass is 10.1. The fourth-order valence-corrected chi connectivity index (χ4v) is 5.19. The predicted octanol–water partition coefficient (Wildman–Crippen LogP) is 2.72. The number of benzene rings is 1. The van der Waals surface area contributed by atoms with E-state index in [4.69, 9.17) is 0 Å². The van der Waals surface area contributed by atoms with E-state index in [1.165, 1.54) is 30.5 Å². The van der Waals surface area contributed by atoms with E-state index in [9.17, 15) is 28.2 Å². The van der Waals surface area contributed by atoms with Crippen molar-refractivity contribution in [1.82, 2.24) is 20.6 Å². The molecular weight excluding hydrogens is 439 g/mol. The van der Waals surface area contributed by atoms with Crippen molar-refractivity contribution in [3.05, 3.63) is 65.4 Å². The molecule has 32 heavy (non-hydrogen) atoms. The predicted molar refractivity (Wildman–Crippen MR) is 117 cm³/mol. The summed E-state index contributed by atoms with van der Waals surface area (Å²) in [4.78, 5) is 33.4. The normalized spacial score (nSPS) is 19.1. The number of halogens is 1. The van der Waals surface area contributed by atoms with Crippen molar-refractivity contribution in [2.45, 2.75) is 18.2 Å². The van der Waals surface area contributed by atoms with Gasteiger partial charge in [-0.25, -0.2) is 9.37 Å². The first-order valence-corrected chi connectivity index (χ1v) is 11.6. The van der Waals surface area contributed by atoms with Gasteiger partial charge in [0.15, 0.2) is 11.4 Å². The Hall–Kier alpha value is -3.28. The topological polar surface area (TPSA) is 145 Å². The summed E-state index contributed by atoms with van der Waals surface area (Å²) < 4.78 is 34.5. The third-order valence-electron chi connectivity index (χ3n) is 5.20. The second kappa shape index (κ2) is 8.69. The number of fused-ring (bicyclic) bond motifs is 1. The molecule has 1 unspecified atom stereocenters. The Kier molecular flexibility index (Phi) is 5.96. The monoisotopic (exact) mass is 460 g/mol.